The summed E-state index contributed by atoms with van der Waals surface area (Å²) in [6.07, 6.45) is 2.97. The van der Waals surface area contributed by atoms with Crippen molar-refractivity contribution in [1.82, 2.24) is 9.55 Å². The van der Waals surface area contributed by atoms with Crippen LogP contribution in [0.25, 0.3) is 5.69 Å². The maximum absolute atomic E-state index is 13.1. The lowest BCUT2D eigenvalue weighted by Crippen LogP contribution is -2.18. The highest BCUT2D eigenvalue weighted by Gasteiger charge is 2.22. The highest BCUT2D eigenvalue weighted by atomic mass is 32.2. The number of carbonyl (C=O) groups is 1. The van der Waals surface area contributed by atoms with Gasteiger partial charge in [-0.15, -0.1) is 0 Å². The third-order valence-electron chi connectivity index (χ3n) is 4.96. The minimum Gasteiger partial charge on any atom is -0.497 e. The summed E-state index contributed by atoms with van der Waals surface area (Å²) < 4.78 is 40.7. The molecule has 0 saturated heterocycles. The molecule has 0 atom stereocenters. The van der Waals surface area contributed by atoms with Gasteiger partial charge in [0.05, 0.1) is 26.7 Å². The molecule has 0 unspecified atom stereocenters. The SMILES string of the molecule is COc1ccc(NS(=O)(=O)c2cc(NC(=O)c3cncn3-c3ccccc3)ccc2OC)cc1. The van der Waals surface area contributed by atoms with Crippen molar-refractivity contribution in [3.63, 3.8) is 0 Å². The normalized spacial score (nSPS) is 11.0. The van der Waals surface area contributed by atoms with Crippen molar-refractivity contribution < 1.29 is 22.7 Å². The lowest BCUT2D eigenvalue weighted by Gasteiger charge is -2.14. The molecule has 0 radical (unpaired) electrons. The number of para-hydroxylation sites is 1. The van der Waals surface area contributed by atoms with Gasteiger partial charge in [0.25, 0.3) is 15.9 Å². The summed E-state index contributed by atoms with van der Waals surface area (Å²) >= 11 is 0. The average molecular weight is 479 g/mol. The first kappa shape index (κ1) is 22.9. The number of imidazole rings is 1. The minimum absolute atomic E-state index is 0.125. The largest absolute Gasteiger partial charge is 0.497 e. The maximum Gasteiger partial charge on any atom is 0.274 e. The van der Waals surface area contributed by atoms with Crippen LogP contribution in [0.15, 0.2) is 90.2 Å². The molecule has 34 heavy (non-hydrogen) atoms. The van der Waals surface area contributed by atoms with Crippen LogP contribution in [0, 0.1) is 0 Å². The highest BCUT2D eigenvalue weighted by molar-refractivity contribution is 7.92. The molecule has 0 aliphatic carbocycles. The van der Waals surface area contributed by atoms with Crippen LogP contribution in [-0.2, 0) is 10.0 Å². The van der Waals surface area contributed by atoms with E-state index in [-0.39, 0.29) is 16.3 Å². The molecule has 0 bridgehead atoms. The van der Waals surface area contributed by atoms with Gasteiger partial charge in [0, 0.05) is 17.1 Å². The number of aromatic nitrogens is 2. The fourth-order valence-electron chi connectivity index (χ4n) is 3.29. The fourth-order valence-corrected chi connectivity index (χ4v) is 4.54. The second-order valence-corrected chi connectivity index (χ2v) is 8.79. The van der Waals surface area contributed by atoms with Crippen LogP contribution in [0.5, 0.6) is 11.5 Å². The zero-order chi connectivity index (χ0) is 24.1. The van der Waals surface area contributed by atoms with Gasteiger partial charge in [0.1, 0.15) is 22.1 Å². The third-order valence-corrected chi connectivity index (χ3v) is 6.36. The lowest BCUT2D eigenvalue weighted by molar-refractivity contribution is 0.102. The molecule has 0 aliphatic rings. The lowest BCUT2D eigenvalue weighted by atomic mass is 10.2. The number of carbonyl (C=O) groups excluding carboxylic acids is 1. The Morgan fingerprint density at radius 1 is 0.912 bits per heavy atom. The highest BCUT2D eigenvalue weighted by Crippen LogP contribution is 2.29. The Morgan fingerprint density at radius 3 is 2.29 bits per heavy atom. The van der Waals surface area contributed by atoms with Crippen molar-refractivity contribution in [2.75, 3.05) is 24.3 Å². The number of ether oxygens (including phenoxy) is 2. The second kappa shape index (κ2) is 9.67. The van der Waals surface area contributed by atoms with E-state index < -0.39 is 15.9 Å². The number of amides is 1. The molecule has 0 aliphatic heterocycles. The van der Waals surface area contributed by atoms with Gasteiger partial charge in [0.15, 0.2) is 0 Å². The molecule has 4 aromatic rings. The Bertz CT molecular complexity index is 1400. The first-order chi connectivity index (χ1) is 16.4. The summed E-state index contributed by atoms with van der Waals surface area (Å²) in [5, 5.41) is 2.73. The molecule has 0 saturated carbocycles. The zero-order valence-electron chi connectivity index (χ0n) is 18.4. The van der Waals surface area contributed by atoms with Crippen molar-refractivity contribution in [2.45, 2.75) is 4.90 Å². The van der Waals surface area contributed by atoms with Crippen LogP contribution in [0.4, 0.5) is 11.4 Å². The van der Waals surface area contributed by atoms with E-state index in [2.05, 4.69) is 15.0 Å². The van der Waals surface area contributed by atoms with Crippen LogP contribution in [0.3, 0.4) is 0 Å². The van der Waals surface area contributed by atoms with Crippen molar-refractivity contribution in [2.24, 2.45) is 0 Å². The molecule has 2 N–H and O–H groups in total. The molecule has 1 amide bonds. The van der Waals surface area contributed by atoms with Gasteiger partial charge in [-0.25, -0.2) is 13.4 Å². The number of anilines is 2. The van der Waals surface area contributed by atoms with Crippen LogP contribution >= 0.6 is 0 Å². The number of methoxy groups -OCH3 is 2. The third kappa shape index (κ3) is 4.86. The number of hydrogen-bond acceptors (Lipinski definition) is 6. The van der Waals surface area contributed by atoms with Crippen molar-refractivity contribution in [3.8, 4) is 17.2 Å². The van der Waals surface area contributed by atoms with Crippen LogP contribution in [0.2, 0.25) is 0 Å². The van der Waals surface area contributed by atoms with E-state index >= 15 is 0 Å². The molecule has 1 aromatic heterocycles. The standard InChI is InChI=1S/C24H22N4O5S/c1-32-20-11-8-17(9-12-20)27-34(30,31)23-14-18(10-13-22(23)33-2)26-24(29)21-15-25-16-28(21)19-6-4-3-5-7-19/h3-16,27H,1-2H3,(H,26,29). The van der Waals surface area contributed by atoms with Crippen molar-refractivity contribution in [3.05, 3.63) is 91.0 Å². The molecule has 10 heteroatoms. The van der Waals surface area contributed by atoms with E-state index in [0.29, 0.717) is 17.1 Å². The summed E-state index contributed by atoms with van der Waals surface area (Å²) in [5.74, 6) is 0.284. The summed E-state index contributed by atoms with van der Waals surface area (Å²) in [6.45, 7) is 0. The number of benzene rings is 3. The zero-order valence-corrected chi connectivity index (χ0v) is 19.2. The predicted octanol–water partition coefficient (Wildman–Crippen LogP) is 3.94. The van der Waals surface area contributed by atoms with E-state index in [1.54, 1.807) is 34.9 Å². The van der Waals surface area contributed by atoms with Crippen LogP contribution in [-0.4, -0.2) is 38.1 Å². The summed E-state index contributed by atoms with van der Waals surface area (Å²) in [7, 11) is -1.13. The Kier molecular flexibility index (Phi) is 6.51. The molecule has 0 spiro atoms. The quantitative estimate of drug-likeness (QED) is 0.397. The van der Waals surface area contributed by atoms with E-state index in [4.69, 9.17) is 9.47 Å². The number of nitrogens with one attached hydrogen (secondary N) is 2. The van der Waals surface area contributed by atoms with Crippen LogP contribution < -0.4 is 19.5 Å². The first-order valence-electron chi connectivity index (χ1n) is 10.2. The Morgan fingerprint density at radius 2 is 1.62 bits per heavy atom. The first-order valence-corrected chi connectivity index (χ1v) is 11.6. The Labute approximate surface area is 197 Å². The molecular weight excluding hydrogens is 456 g/mol. The minimum atomic E-state index is -4.02. The molecule has 4 rings (SSSR count). The van der Waals surface area contributed by atoms with E-state index in [1.165, 1.54) is 38.9 Å². The van der Waals surface area contributed by atoms with E-state index in [0.717, 1.165) is 5.69 Å². The van der Waals surface area contributed by atoms with Gasteiger partial charge in [-0.05, 0) is 54.6 Å². The maximum atomic E-state index is 13.1. The monoisotopic (exact) mass is 478 g/mol. The van der Waals surface area contributed by atoms with Gasteiger partial charge < -0.3 is 14.8 Å². The van der Waals surface area contributed by atoms with Gasteiger partial charge in [-0.3, -0.25) is 14.1 Å². The van der Waals surface area contributed by atoms with Crippen molar-refractivity contribution >= 4 is 27.3 Å². The van der Waals surface area contributed by atoms with Crippen LogP contribution in [0.1, 0.15) is 10.5 Å². The summed E-state index contributed by atoms with van der Waals surface area (Å²) in [4.78, 5) is 16.9. The summed E-state index contributed by atoms with van der Waals surface area (Å²) in [6, 6.07) is 20.1. The molecule has 1 heterocycles. The topological polar surface area (TPSA) is 112 Å². The molecule has 174 valence electrons. The fraction of sp³-hybridized carbons (Fsp3) is 0.0833. The summed E-state index contributed by atoms with van der Waals surface area (Å²) in [5.41, 5.74) is 1.69. The van der Waals surface area contributed by atoms with Gasteiger partial charge >= 0.3 is 0 Å². The van der Waals surface area contributed by atoms with Crippen molar-refractivity contribution in [1.29, 1.82) is 0 Å². The smallest absolute Gasteiger partial charge is 0.274 e. The number of sulfonamides is 1. The molecular formula is C24H22N4O5S. The number of hydrogen-bond donors (Lipinski definition) is 2. The molecule has 0 fully saturated rings. The van der Waals surface area contributed by atoms with Gasteiger partial charge in [-0.2, -0.15) is 0 Å². The predicted molar refractivity (Wildman–Crippen MR) is 128 cm³/mol. The average Bonchev–Trinajstić information content (AvgIpc) is 3.35. The second-order valence-electron chi connectivity index (χ2n) is 7.14. The van der Waals surface area contributed by atoms with Gasteiger partial charge in [0.2, 0.25) is 0 Å². The van der Waals surface area contributed by atoms with E-state index in [9.17, 15) is 13.2 Å². The Hall–Kier alpha value is -4.31. The molecule has 9 nitrogen and oxygen atoms in total. The van der Waals surface area contributed by atoms with Gasteiger partial charge in [-0.1, -0.05) is 18.2 Å². The number of nitrogens with zero attached hydrogens (tertiary/aromatic N) is 2. The van der Waals surface area contributed by atoms with E-state index in [1.807, 2.05) is 30.3 Å². The molecule has 3 aromatic carbocycles. The number of rotatable bonds is 8. The Balaban J connectivity index is 1.60.